The quantitative estimate of drug-likeness (QED) is 0.728. The van der Waals surface area contributed by atoms with Crippen molar-refractivity contribution >= 4 is 12.0 Å². The van der Waals surface area contributed by atoms with Gasteiger partial charge in [0.25, 0.3) is 0 Å². The van der Waals surface area contributed by atoms with Crippen molar-refractivity contribution in [2.75, 3.05) is 26.8 Å². The third kappa shape index (κ3) is 6.38. The third-order valence-corrected chi connectivity index (χ3v) is 2.73. The van der Waals surface area contributed by atoms with Crippen LogP contribution in [0.5, 0.6) is 0 Å². The average molecular weight is 285 g/mol. The summed E-state index contributed by atoms with van der Waals surface area (Å²) in [6.07, 6.45) is 0.185. The van der Waals surface area contributed by atoms with E-state index < -0.39 is 23.5 Å². The first kappa shape index (κ1) is 18.2. The molecule has 0 saturated heterocycles. The van der Waals surface area contributed by atoms with Gasteiger partial charge in [0.05, 0.1) is 19.1 Å². The molecule has 0 fully saturated rings. The molecule has 2 N–H and O–H groups in total. The maximum Gasteiger partial charge on any atom is 0.326 e. The van der Waals surface area contributed by atoms with Gasteiger partial charge in [-0.3, -0.25) is 0 Å². The number of aliphatic carboxylic acids is 1. The first-order valence-corrected chi connectivity index (χ1v) is 6.38. The molecule has 0 bridgehead atoms. The summed E-state index contributed by atoms with van der Waals surface area (Å²) < 4.78 is 4.90. The Kier molecular flexibility index (Phi) is 7.62. The SMILES string of the molecule is COCCN(CCC#N)C(=O)N[C@@H](C(=O)O)C(C)(C)C. The van der Waals surface area contributed by atoms with E-state index in [-0.39, 0.29) is 13.0 Å². The minimum Gasteiger partial charge on any atom is -0.480 e. The monoisotopic (exact) mass is 285 g/mol. The molecule has 7 nitrogen and oxygen atoms in total. The Labute approximate surface area is 119 Å². The molecule has 0 aromatic rings. The van der Waals surface area contributed by atoms with Gasteiger partial charge in [0.2, 0.25) is 0 Å². The topological polar surface area (TPSA) is 103 Å². The van der Waals surface area contributed by atoms with Crippen LogP contribution in [0.1, 0.15) is 27.2 Å². The number of urea groups is 1. The van der Waals surface area contributed by atoms with Gasteiger partial charge in [-0.15, -0.1) is 0 Å². The van der Waals surface area contributed by atoms with Gasteiger partial charge >= 0.3 is 12.0 Å². The number of carboxylic acids is 1. The lowest BCUT2D eigenvalue weighted by Gasteiger charge is -2.30. The third-order valence-electron chi connectivity index (χ3n) is 2.73. The molecule has 0 aliphatic carbocycles. The van der Waals surface area contributed by atoms with Crippen LogP contribution in [0.3, 0.4) is 0 Å². The summed E-state index contributed by atoms with van der Waals surface area (Å²) >= 11 is 0. The van der Waals surface area contributed by atoms with E-state index >= 15 is 0 Å². The number of nitrogens with one attached hydrogen (secondary N) is 1. The summed E-state index contributed by atoms with van der Waals surface area (Å²) in [5, 5.41) is 20.3. The van der Waals surface area contributed by atoms with Crippen LogP contribution in [0.25, 0.3) is 0 Å². The zero-order chi connectivity index (χ0) is 15.8. The van der Waals surface area contributed by atoms with Crippen LogP contribution in [-0.2, 0) is 9.53 Å². The second-order valence-corrected chi connectivity index (χ2v) is 5.47. The van der Waals surface area contributed by atoms with Crippen molar-refractivity contribution in [2.24, 2.45) is 5.41 Å². The second kappa shape index (κ2) is 8.38. The van der Waals surface area contributed by atoms with Gasteiger partial charge in [0, 0.05) is 20.2 Å². The highest BCUT2D eigenvalue weighted by molar-refractivity contribution is 5.83. The molecule has 20 heavy (non-hydrogen) atoms. The van der Waals surface area contributed by atoms with Crippen LogP contribution in [0.2, 0.25) is 0 Å². The molecular formula is C13H23N3O4. The Morgan fingerprint density at radius 2 is 2.00 bits per heavy atom. The number of hydrogen-bond acceptors (Lipinski definition) is 4. The van der Waals surface area contributed by atoms with Crippen molar-refractivity contribution in [3.63, 3.8) is 0 Å². The average Bonchev–Trinajstić information content (AvgIpc) is 2.34. The van der Waals surface area contributed by atoms with E-state index in [1.165, 1.54) is 12.0 Å². The van der Waals surface area contributed by atoms with Crippen molar-refractivity contribution in [2.45, 2.75) is 33.2 Å². The second-order valence-electron chi connectivity index (χ2n) is 5.47. The van der Waals surface area contributed by atoms with E-state index in [0.29, 0.717) is 13.2 Å². The molecule has 0 aliphatic rings. The molecule has 1 atom stereocenters. The fourth-order valence-electron chi connectivity index (χ4n) is 1.56. The first-order chi connectivity index (χ1) is 9.23. The molecule has 0 unspecified atom stereocenters. The first-order valence-electron chi connectivity index (χ1n) is 6.38. The summed E-state index contributed by atoms with van der Waals surface area (Å²) in [7, 11) is 1.51. The number of carbonyl (C=O) groups excluding carboxylic acids is 1. The van der Waals surface area contributed by atoms with Crippen molar-refractivity contribution in [3.8, 4) is 6.07 Å². The summed E-state index contributed by atoms with van der Waals surface area (Å²) in [6.45, 7) is 6.08. The smallest absolute Gasteiger partial charge is 0.326 e. The summed E-state index contributed by atoms with van der Waals surface area (Å²) in [6, 6.07) is 0.459. The maximum atomic E-state index is 12.1. The molecule has 0 heterocycles. The van der Waals surface area contributed by atoms with E-state index in [9.17, 15) is 14.7 Å². The fraction of sp³-hybridized carbons (Fsp3) is 0.769. The van der Waals surface area contributed by atoms with E-state index in [2.05, 4.69) is 5.32 Å². The lowest BCUT2D eigenvalue weighted by molar-refractivity contribution is -0.142. The van der Waals surface area contributed by atoms with Gasteiger partial charge in [-0.2, -0.15) is 5.26 Å². The number of carboxylic acid groups (broad SMARTS) is 1. The van der Waals surface area contributed by atoms with Gasteiger partial charge in [0.1, 0.15) is 6.04 Å². The Morgan fingerprint density at radius 3 is 2.40 bits per heavy atom. The van der Waals surface area contributed by atoms with Crippen molar-refractivity contribution in [1.29, 1.82) is 5.26 Å². The van der Waals surface area contributed by atoms with Crippen LogP contribution in [0.4, 0.5) is 4.79 Å². The minimum absolute atomic E-state index is 0.185. The minimum atomic E-state index is -1.09. The number of carbonyl (C=O) groups is 2. The van der Waals surface area contributed by atoms with Crippen molar-refractivity contribution in [3.05, 3.63) is 0 Å². The van der Waals surface area contributed by atoms with E-state index in [4.69, 9.17) is 10.00 Å². The lowest BCUT2D eigenvalue weighted by Crippen LogP contribution is -2.53. The number of nitriles is 1. The van der Waals surface area contributed by atoms with Gasteiger partial charge in [-0.05, 0) is 5.41 Å². The summed E-state index contributed by atoms with van der Waals surface area (Å²) in [5.74, 6) is -1.09. The fourth-order valence-corrected chi connectivity index (χ4v) is 1.56. The Hall–Kier alpha value is -1.81. The predicted octanol–water partition coefficient (Wildman–Crippen LogP) is 1.06. The zero-order valence-corrected chi connectivity index (χ0v) is 12.5. The summed E-state index contributed by atoms with van der Waals surface area (Å²) in [4.78, 5) is 24.7. The molecule has 0 rings (SSSR count). The van der Waals surface area contributed by atoms with Gasteiger partial charge in [-0.25, -0.2) is 9.59 Å². The number of ether oxygens (including phenoxy) is 1. The van der Waals surface area contributed by atoms with Gasteiger partial charge < -0.3 is 20.1 Å². The van der Waals surface area contributed by atoms with Crippen LogP contribution < -0.4 is 5.32 Å². The van der Waals surface area contributed by atoms with Crippen LogP contribution in [-0.4, -0.2) is 54.9 Å². The number of hydrogen-bond donors (Lipinski definition) is 2. The highest BCUT2D eigenvalue weighted by Crippen LogP contribution is 2.19. The maximum absolute atomic E-state index is 12.1. The molecule has 0 aliphatic heterocycles. The van der Waals surface area contributed by atoms with Crippen LogP contribution >= 0.6 is 0 Å². The Bertz CT molecular complexity index is 371. The highest BCUT2D eigenvalue weighted by atomic mass is 16.5. The standard InChI is InChI=1S/C13H23N3O4/c1-13(2,3)10(11(17)18)15-12(19)16(7-5-6-14)8-9-20-4/h10H,5,7-9H2,1-4H3,(H,15,19)(H,17,18)/t10-/m0/s1. The van der Waals surface area contributed by atoms with Crippen molar-refractivity contribution < 1.29 is 19.4 Å². The van der Waals surface area contributed by atoms with Gasteiger partial charge in [-0.1, -0.05) is 20.8 Å². The Morgan fingerprint density at radius 1 is 1.40 bits per heavy atom. The lowest BCUT2D eigenvalue weighted by atomic mass is 9.87. The Balaban J connectivity index is 4.78. The molecule has 114 valence electrons. The predicted molar refractivity (Wildman–Crippen MR) is 73.1 cm³/mol. The zero-order valence-electron chi connectivity index (χ0n) is 12.5. The normalized spacial score (nSPS) is 12.3. The van der Waals surface area contributed by atoms with Crippen LogP contribution in [0.15, 0.2) is 0 Å². The number of amides is 2. The molecule has 2 amide bonds. The summed E-state index contributed by atoms with van der Waals surface area (Å²) in [5.41, 5.74) is -0.607. The molecule has 0 radical (unpaired) electrons. The van der Waals surface area contributed by atoms with Crippen LogP contribution in [0, 0.1) is 16.7 Å². The van der Waals surface area contributed by atoms with E-state index in [1.807, 2.05) is 6.07 Å². The molecule has 0 spiro atoms. The molecule has 0 saturated carbocycles. The molecular weight excluding hydrogens is 262 g/mol. The number of methoxy groups -OCH3 is 1. The molecule has 0 aromatic carbocycles. The van der Waals surface area contributed by atoms with Gasteiger partial charge in [0.15, 0.2) is 0 Å². The largest absolute Gasteiger partial charge is 0.480 e. The van der Waals surface area contributed by atoms with E-state index in [0.717, 1.165) is 0 Å². The molecule has 7 heteroatoms. The highest BCUT2D eigenvalue weighted by Gasteiger charge is 2.33. The number of rotatable bonds is 7. The molecule has 0 aromatic heterocycles. The number of nitrogens with zero attached hydrogens (tertiary/aromatic N) is 2. The van der Waals surface area contributed by atoms with Crippen molar-refractivity contribution in [1.82, 2.24) is 10.2 Å². The van der Waals surface area contributed by atoms with E-state index in [1.54, 1.807) is 20.8 Å².